The first-order chi connectivity index (χ1) is 19.9. The molecule has 0 aliphatic rings. The highest BCUT2D eigenvalue weighted by Gasteiger charge is 2.35. The fraction of sp³-hybridized carbons (Fsp3) is 0.355. The molecule has 0 bridgehead atoms. The minimum atomic E-state index is -4.28. The summed E-state index contributed by atoms with van der Waals surface area (Å²) in [5.41, 5.74) is 1.59. The van der Waals surface area contributed by atoms with Gasteiger partial charge in [0.15, 0.2) is 0 Å². The second-order valence-corrected chi connectivity index (χ2v) is 13.0. The number of hydrogen-bond donors (Lipinski definition) is 1. The van der Waals surface area contributed by atoms with E-state index >= 15 is 0 Å². The zero-order chi connectivity index (χ0) is 31.0. The summed E-state index contributed by atoms with van der Waals surface area (Å²) < 4.78 is 34.7. The van der Waals surface area contributed by atoms with E-state index in [0.29, 0.717) is 23.6 Å². The summed E-state index contributed by atoms with van der Waals surface area (Å²) in [5, 5.41) is 3.59. The van der Waals surface area contributed by atoms with E-state index < -0.39 is 28.5 Å². The number of sulfonamides is 1. The van der Waals surface area contributed by atoms with E-state index in [-0.39, 0.29) is 39.7 Å². The first-order valence-electron chi connectivity index (χ1n) is 13.6. The van der Waals surface area contributed by atoms with Crippen molar-refractivity contribution < 1.29 is 22.7 Å². The zero-order valence-corrected chi connectivity index (χ0v) is 26.8. The van der Waals surface area contributed by atoms with Crippen LogP contribution in [0.1, 0.15) is 38.3 Å². The third kappa shape index (κ3) is 8.18. The van der Waals surface area contributed by atoms with Crippen LogP contribution in [0.25, 0.3) is 0 Å². The van der Waals surface area contributed by atoms with Crippen molar-refractivity contribution in [2.45, 2.75) is 51.6 Å². The van der Waals surface area contributed by atoms with Crippen LogP contribution in [0.4, 0.5) is 5.69 Å². The van der Waals surface area contributed by atoms with Gasteiger partial charge >= 0.3 is 0 Å². The van der Waals surface area contributed by atoms with E-state index in [1.807, 2.05) is 20.8 Å². The molecule has 1 atom stereocenters. The Morgan fingerprint density at radius 1 is 1.00 bits per heavy atom. The van der Waals surface area contributed by atoms with E-state index in [9.17, 15) is 18.0 Å². The molecule has 3 aromatic rings. The van der Waals surface area contributed by atoms with E-state index in [2.05, 4.69) is 5.32 Å². The van der Waals surface area contributed by atoms with Crippen molar-refractivity contribution in [2.75, 3.05) is 24.5 Å². The maximum Gasteiger partial charge on any atom is 0.264 e. The topological polar surface area (TPSA) is 96.0 Å². The quantitative estimate of drug-likeness (QED) is 0.246. The Morgan fingerprint density at radius 3 is 2.26 bits per heavy atom. The Balaban J connectivity index is 2.13. The number of benzene rings is 3. The van der Waals surface area contributed by atoms with Crippen molar-refractivity contribution in [1.82, 2.24) is 10.2 Å². The molecule has 0 aliphatic heterocycles. The predicted octanol–water partition coefficient (Wildman–Crippen LogP) is 6.09. The van der Waals surface area contributed by atoms with Crippen LogP contribution < -0.4 is 14.4 Å². The second-order valence-electron chi connectivity index (χ2n) is 10.3. The van der Waals surface area contributed by atoms with Gasteiger partial charge in [0.05, 0.1) is 17.7 Å². The smallest absolute Gasteiger partial charge is 0.264 e. The average Bonchev–Trinajstić information content (AvgIpc) is 2.95. The summed E-state index contributed by atoms with van der Waals surface area (Å²) in [4.78, 5) is 28.9. The molecule has 11 heteroatoms. The van der Waals surface area contributed by atoms with Crippen molar-refractivity contribution in [3.8, 4) is 5.75 Å². The number of nitrogens with zero attached hydrogens (tertiary/aromatic N) is 2. The molecule has 8 nitrogen and oxygen atoms in total. The molecule has 0 aromatic heterocycles. The summed E-state index contributed by atoms with van der Waals surface area (Å²) in [6.07, 6.45) is 0.297. The number of halogens is 2. The van der Waals surface area contributed by atoms with Crippen molar-refractivity contribution in [2.24, 2.45) is 5.92 Å². The third-order valence-corrected chi connectivity index (χ3v) is 9.04. The van der Waals surface area contributed by atoms with Gasteiger partial charge in [0, 0.05) is 23.1 Å². The molecule has 3 rings (SSSR count). The summed E-state index contributed by atoms with van der Waals surface area (Å²) in [7, 11) is -2.88. The van der Waals surface area contributed by atoms with Gasteiger partial charge in [-0.1, -0.05) is 79.9 Å². The van der Waals surface area contributed by atoms with Crippen LogP contribution in [-0.2, 0) is 26.2 Å². The van der Waals surface area contributed by atoms with Crippen LogP contribution in [0.3, 0.4) is 0 Å². The van der Waals surface area contributed by atoms with E-state index in [1.165, 1.54) is 36.3 Å². The first-order valence-corrected chi connectivity index (χ1v) is 15.8. The number of rotatable bonds is 13. The lowest BCUT2D eigenvalue weighted by molar-refractivity contribution is -0.140. The number of anilines is 1. The minimum absolute atomic E-state index is 0.00277. The maximum absolute atomic E-state index is 14.2. The standard InChI is InChI=1S/C31H37Cl2N3O5S/c1-6-27(31(38)34-18-21(2)3)35(19-23-9-7-8-10-26(23)33)30(37)20-36(28-17-24(32)13-16-29(28)41-5)42(39,40)25-14-11-22(4)12-15-25/h7-17,21,27H,6,18-20H2,1-5H3,(H,34,38). The van der Waals surface area contributed by atoms with Gasteiger partial charge in [-0.05, 0) is 61.2 Å². The Hall–Kier alpha value is -3.27. The van der Waals surface area contributed by atoms with Gasteiger partial charge in [0.25, 0.3) is 10.0 Å². The summed E-state index contributed by atoms with van der Waals surface area (Å²) in [5.74, 6) is -0.522. The van der Waals surface area contributed by atoms with Crippen LogP contribution in [0, 0.1) is 12.8 Å². The zero-order valence-electron chi connectivity index (χ0n) is 24.4. The number of nitrogens with one attached hydrogen (secondary N) is 1. The second kappa shape index (κ2) is 14.8. The van der Waals surface area contributed by atoms with Crippen LogP contribution in [0.5, 0.6) is 5.75 Å². The Morgan fingerprint density at radius 2 is 1.67 bits per heavy atom. The van der Waals surface area contributed by atoms with Crippen LogP contribution >= 0.6 is 23.2 Å². The first kappa shape index (κ1) is 33.2. The molecule has 2 amide bonds. The molecular weight excluding hydrogens is 597 g/mol. The molecule has 0 fully saturated rings. The number of carbonyl (C=O) groups is 2. The third-order valence-electron chi connectivity index (χ3n) is 6.67. The van der Waals surface area contributed by atoms with E-state index in [4.69, 9.17) is 27.9 Å². The lowest BCUT2D eigenvalue weighted by Gasteiger charge is -2.33. The number of ether oxygens (including phenoxy) is 1. The molecule has 0 saturated carbocycles. The van der Waals surface area contributed by atoms with Crippen molar-refractivity contribution in [3.63, 3.8) is 0 Å². The lowest BCUT2D eigenvalue weighted by atomic mass is 10.1. The van der Waals surface area contributed by atoms with Crippen molar-refractivity contribution >= 4 is 50.7 Å². The summed E-state index contributed by atoms with van der Waals surface area (Å²) >= 11 is 12.7. The Labute approximate surface area is 258 Å². The summed E-state index contributed by atoms with van der Waals surface area (Å²) in [6, 6.07) is 17.0. The van der Waals surface area contributed by atoms with E-state index in [0.717, 1.165) is 9.87 Å². The fourth-order valence-electron chi connectivity index (χ4n) is 4.36. The van der Waals surface area contributed by atoms with Gasteiger partial charge in [-0.3, -0.25) is 13.9 Å². The number of carbonyl (C=O) groups excluding carboxylic acids is 2. The molecule has 0 saturated heterocycles. The highest BCUT2D eigenvalue weighted by atomic mass is 35.5. The molecule has 0 radical (unpaired) electrons. The van der Waals surface area contributed by atoms with Gasteiger partial charge in [0.1, 0.15) is 18.3 Å². The Bertz CT molecular complexity index is 1500. The molecule has 226 valence electrons. The number of aryl methyl sites for hydroxylation is 1. The van der Waals surface area contributed by atoms with Crippen molar-refractivity contribution in [3.05, 3.63) is 87.9 Å². The Kier molecular flexibility index (Phi) is 11.7. The fourth-order valence-corrected chi connectivity index (χ4v) is 6.14. The van der Waals surface area contributed by atoms with Gasteiger partial charge in [-0.25, -0.2) is 8.42 Å². The van der Waals surface area contributed by atoms with Gasteiger partial charge in [-0.2, -0.15) is 0 Å². The molecule has 1 unspecified atom stereocenters. The molecule has 3 aromatic carbocycles. The van der Waals surface area contributed by atoms with Crippen LogP contribution in [0.15, 0.2) is 71.6 Å². The molecule has 42 heavy (non-hydrogen) atoms. The molecule has 0 heterocycles. The summed E-state index contributed by atoms with van der Waals surface area (Å²) in [6.45, 7) is 7.40. The normalized spacial score (nSPS) is 12.1. The highest BCUT2D eigenvalue weighted by molar-refractivity contribution is 7.92. The number of hydrogen-bond acceptors (Lipinski definition) is 5. The highest BCUT2D eigenvalue weighted by Crippen LogP contribution is 2.35. The largest absolute Gasteiger partial charge is 0.495 e. The van der Waals surface area contributed by atoms with Gasteiger partial charge in [-0.15, -0.1) is 0 Å². The number of methoxy groups -OCH3 is 1. The van der Waals surface area contributed by atoms with Crippen LogP contribution in [-0.4, -0.2) is 51.4 Å². The SMILES string of the molecule is CCC(C(=O)NCC(C)C)N(Cc1ccccc1Cl)C(=O)CN(c1cc(Cl)ccc1OC)S(=O)(=O)c1ccc(C)cc1. The molecule has 0 spiro atoms. The minimum Gasteiger partial charge on any atom is -0.495 e. The monoisotopic (exact) mass is 633 g/mol. The molecular formula is C31H37Cl2N3O5S. The van der Waals surface area contributed by atoms with E-state index in [1.54, 1.807) is 49.4 Å². The lowest BCUT2D eigenvalue weighted by Crippen LogP contribution is -2.52. The number of amides is 2. The average molecular weight is 635 g/mol. The van der Waals surface area contributed by atoms with Gasteiger partial charge < -0.3 is 15.0 Å². The van der Waals surface area contributed by atoms with Crippen LogP contribution in [0.2, 0.25) is 10.0 Å². The van der Waals surface area contributed by atoms with Gasteiger partial charge in [0.2, 0.25) is 11.8 Å². The molecule has 0 aliphatic carbocycles. The van der Waals surface area contributed by atoms with Crippen molar-refractivity contribution in [1.29, 1.82) is 0 Å². The molecule has 1 N–H and O–H groups in total. The predicted molar refractivity (Wildman–Crippen MR) is 168 cm³/mol. The maximum atomic E-state index is 14.2.